The Labute approximate surface area is 99.5 Å². The molecular formula is C13H26N2O. The molecule has 0 radical (unpaired) electrons. The van der Waals surface area contributed by atoms with Gasteiger partial charge in [-0.25, -0.2) is 0 Å². The molecule has 0 aromatic rings. The van der Waals surface area contributed by atoms with Crippen LogP contribution in [0.3, 0.4) is 0 Å². The van der Waals surface area contributed by atoms with Gasteiger partial charge in [-0.05, 0) is 24.7 Å². The van der Waals surface area contributed by atoms with Gasteiger partial charge in [-0.1, -0.05) is 13.8 Å². The maximum Gasteiger partial charge on any atom is 0.0589 e. The van der Waals surface area contributed by atoms with Crippen molar-refractivity contribution < 1.29 is 4.74 Å². The molecule has 0 amide bonds. The second-order valence-corrected chi connectivity index (χ2v) is 5.65. The number of hydrogen-bond donors (Lipinski definition) is 1. The Morgan fingerprint density at radius 2 is 2.12 bits per heavy atom. The minimum atomic E-state index is 0.685. The van der Waals surface area contributed by atoms with Crippen LogP contribution in [-0.4, -0.2) is 50.3 Å². The highest BCUT2D eigenvalue weighted by Gasteiger charge is 2.37. The number of hydrogen-bond acceptors (Lipinski definition) is 3. The lowest BCUT2D eigenvalue weighted by atomic mass is 9.97. The summed E-state index contributed by atoms with van der Waals surface area (Å²) in [5.41, 5.74) is 0. The van der Waals surface area contributed by atoms with E-state index in [0.717, 1.165) is 37.6 Å². The Kier molecular flexibility index (Phi) is 4.22. The SMILES string of the molecule is COCCN1CC(C2CC2)NCC1C(C)C. The Morgan fingerprint density at radius 3 is 2.69 bits per heavy atom. The van der Waals surface area contributed by atoms with E-state index in [-0.39, 0.29) is 0 Å². The summed E-state index contributed by atoms with van der Waals surface area (Å²) in [7, 11) is 1.80. The van der Waals surface area contributed by atoms with Crippen LogP contribution in [0.1, 0.15) is 26.7 Å². The second-order valence-electron chi connectivity index (χ2n) is 5.65. The van der Waals surface area contributed by atoms with Crippen molar-refractivity contribution in [1.29, 1.82) is 0 Å². The van der Waals surface area contributed by atoms with Gasteiger partial charge in [-0.15, -0.1) is 0 Å². The van der Waals surface area contributed by atoms with E-state index in [1.54, 1.807) is 7.11 Å². The number of methoxy groups -OCH3 is 1. The highest BCUT2D eigenvalue weighted by molar-refractivity contribution is 4.95. The fourth-order valence-electron chi connectivity index (χ4n) is 2.79. The van der Waals surface area contributed by atoms with Gasteiger partial charge < -0.3 is 10.1 Å². The Hall–Kier alpha value is -0.120. The first kappa shape index (κ1) is 12.3. The summed E-state index contributed by atoms with van der Waals surface area (Å²) >= 11 is 0. The zero-order valence-electron chi connectivity index (χ0n) is 10.9. The zero-order chi connectivity index (χ0) is 11.5. The lowest BCUT2D eigenvalue weighted by molar-refractivity contribution is 0.0619. The van der Waals surface area contributed by atoms with Gasteiger partial charge in [0.05, 0.1) is 6.61 Å². The fourth-order valence-corrected chi connectivity index (χ4v) is 2.79. The first-order valence-corrected chi connectivity index (χ1v) is 6.68. The molecule has 2 aliphatic rings. The lowest BCUT2D eigenvalue weighted by Crippen LogP contribution is -2.59. The molecule has 3 heteroatoms. The van der Waals surface area contributed by atoms with Gasteiger partial charge in [0.25, 0.3) is 0 Å². The summed E-state index contributed by atoms with van der Waals surface area (Å²) in [4.78, 5) is 2.63. The minimum Gasteiger partial charge on any atom is -0.383 e. The predicted octanol–water partition coefficient (Wildman–Crippen LogP) is 1.34. The van der Waals surface area contributed by atoms with Gasteiger partial charge in [0, 0.05) is 38.8 Å². The third-order valence-corrected chi connectivity index (χ3v) is 4.03. The first-order chi connectivity index (χ1) is 7.72. The molecule has 0 aromatic carbocycles. The van der Waals surface area contributed by atoms with Crippen LogP contribution < -0.4 is 5.32 Å². The normalized spacial score (nSPS) is 32.2. The maximum atomic E-state index is 5.22. The third-order valence-electron chi connectivity index (χ3n) is 4.03. The van der Waals surface area contributed by atoms with Crippen molar-refractivity contribution in [1.82, 2.24) is 10.2 Å². The molecule has 16 heavy (non-hydrogen) atoms. The van der Waals surface area contributed by atoms with Gasteiger partial charge in [0.2, 0.25) is 0 Å². The molecular weight excluding hydrogens is 200 g/mol. The molecule has 0 aromatic heterocycles. The van der Waals surface area contributed by atoms with Crippen molar-refractivity contribution in [3.8, 4) is 0 Å². The lowest BCUT2D eigenvalue weighted by Gasteiger charge is -2.42. The van der Waals surface area contributed by atoms with Crippen LogP contribution in [0.2, 0.25) is 0 Å². The van der Waals surface area contributed by atoms with E-state index in [2.05, 4.69) is 24.1 Å². The molecule has 0 spiro atoms. The van der Waals surface area contributed by atoms with Crippen molar-refractivity contribution in [2.45, 2.75) is 38.8 Å². The quantitative estimate of drug-likeness (QED) is 0.765. The van der Waals surface area contributed by atoms with E-state index in [1.807, 2.05) is 0 Å². The van der Waals surface area contributed by atoms with Gasteiger partial charge in [0.15, 0.2) is 0 Å². The van der Waals surface area contributed by atoms with E-state index in [1.165, 1.54) is 19.4 Å². The monoisotopic (exact) mass is 226 g/mol. The summed E-state index contributed by atoms with van der Waals surface area (Å²) in [6.07, 6.45) is 2.87. The van der Waals surface area contributed by atoms with Crippen molar-refractivity contribution in [3.63, 3.8) is 0 Å². The van der Waals surface area contributed by atoms with Crippen LogP contribution in [0.4, 0.5) is 0 Å². The van der Waals surface area contributed by atoms with Crippen LogP contribution >= 0.6 is 0 Å². The molecule has 1 N–H and O–H groups in total. The molecule has 1 aliphatic heterocycles. The Balaban J connectivity index is 1.88. The number of nitrogens with one attached hydrogen (secondary N) is 1. The van der Waals surface area contributed by atoms with E-state index in [0.29, 0.717) is 6.04 Å². The first-order valence-electron chi connectivity index (χ1n) is 6.68. The van der Waals surface area contributed by atoms with Crippen LogP contribution in [0.15, 0.2) is 0 Å². The average molecular weight is 226 g/mol. The standard InChI is InChI=1S/C13H26N2O/c1-10(2)13-8-14-12(11-4-5-11)9-15(13)6-7-16-3/h10-14H,4-9H2,1-3H3. The second kappa shape index (κ2) is 5.48. The summed E-state index contributed by atoms with van der Waals surface area (Å²) < 4.78 is 5.22. The van der Waals surface area contributed by atoms with E-state index in [9.17, 15) is 0 Å². The molecule has 2 atom stereocenters. The van der Waals surface area contributed by atoms with E-state index < -0.39 is 0 Å². The Bertz CT molecular complexity index is 216. The van der Waals surface area contributed by atoms with E-state index >= 15 is 0 Å². The average Bonchev–Trinajstić information content (AvgIpc) is 3.09. The number of ether oxygens (including phenoxy) is 1. The predicted molar refractivity (Wildman–Crippen MR) is 66.6 cm³/mol. The summed E-state index contributed by atoms with van der Waals surface area (Å²) in [6, 6.07) is 1.43. The van der Waals surface area contributed by atoms with Gasteiger partial charge in [-0.3, -0.25) is 4.90 Å². The van der Waals surface area contributed by atoms with Crippen LogP contribution in [0.25, 0.3) is 0 Å². The largest absolute Gasteiger partial charge is 0.383 e. The smallest absolute Gasteiger partial charge is 0.0589 e. The van der Waals surface area contributed by atoms with Gasteiger partial charge >= 0.3 is 0 Å². The van der Waals surface area contributed by atoms with Crippen molar-refractivity contribution in [3.05, 3.63) is 0 Å². The zero-order valence-corrected chi connectivity index (χ0v) is 10.9. The molecule has 1 saturated carbocycles. The highest BCUT2D eigenvalue weighted by atomic mass is 16.5. The maximum absolute atomic E-state index is 5.22. The minimum absolute atomic E-state index is 0.685. The molecule has 1 heterocycles. The van der Waals surface area contributed by atoms with Crippen molar-refractivity contribution in [2.75, 3.05) is 33.4 Å². The van der Waals surface area contributed by atoms with Crippen LogP contribution in [-0.2, 0) is 4.74 Å². The van der Waals surface area contributed by atoms with Gasteiger partial charge in [-0.2, -0.15) is 0 Å². The summed E-state index contributed by atoms with van der Waals surface area (Å²) in [5.74, 6) is 1.68. The number of nitrogens with zero attached hydrogens (tertiary/aromatic N) is 1. The summed E-state index contributed by atoms with van der Waals surface area (Å²) in [6.45, 7) is 8.97. The van der Waals surface area contributed by atoms with E-state index in [4.69, 9.17) is 4.74 Å². The molecule has 2 unspecified atom stereocenters. The van der Waals surface area contributed by atoms with Crippen LogP contribution in [0.5, 0.6) is 0 Å². The summed E-state index contributed by atoms with van der Waals surface area (Å²) in [5, 5.41) is 3.74. The molecule has 0 bridgehead atoms. The molecule has 3 nitrogen and oxygen atoms in total. The topological polar surface area (TPSA) is 24.5 Å². The van der Waals surface area contributed by atoms with Crippen molar-refractivity contribution >= 4 is 0 Å². The molecule has 2 fully saturated rings. The van der Waals surface area contributed by atoms with Crippen LogP contribution in [0, 0.1) is 11.8 Å². The number of piperazine rings is 1. The van der Waals surface area contributed by atoms with Crippen molar-refractivity contribution in [2.24, 2.45) is 11.8 Å². The van der Waals surface area contributed by atoms with Gasteiger partial charge in [0.1, 0.15) is 0 Å². The number of rotatable bonds is 5. The third kappa shape index (κ3) is 2.96. The molecule has 1 aliphatic carbocycles. The highest BCUT2D eigenvalue weighted by Crippen LogP contribution is 2.34. The molecule has 1 saturated heterocycles. The Morgan fingerprint density at radius 1 is 1.38 bits per heavy atom. The molecule has 94 valence electrons. The fraction of sp³-hybridized carbons (Fsp3) is 1.00. The molecule has 2 rings (SSSR count).